The third-order valence-electron chi connectivity index (χ3n) is 19.3. The van der Waals surface area contributed by atoms with E-state index in [0.717, 1.165) is 81.1 Å². The summed E-state index contributed by atoms with van der Waals surface area (Å²) < 4.78 is 107. The van der Waals surface area contributed by atoms with E-state index in [1.807, 2.05) is 0 Å². The van der Waals surface area contributed by atoms with Crippen molar-refractivity contribution in [3.63, 3.8) is 0 Å². The second kappa shape index (κ2) is 28.0. The number of amides is 2. The fourth-order valence-corrected chi connectivity index (χ4v) is 18.3. The molecule has 31 nitrogen and oxygen atoms in total. The molecule has 10 aliphatic rings. The van der Waals surface area contributed by atoms with Crippen molar-refractivity contribution in [1.29, 1.82) is 0 Å². The summed E-state index contributed by atoms with van der Waals surface area (Å²) in [5.74, 6) is 4.81. The zero-order chi connectivity index (χ0) is 61.9. The summed E-state index contributed by atoms with van der Waals surface area (Å²) in [6.45, 7) is -0.194. The van der Waals surface area contributed by atoms with Crippen LogP contribution >= 0.6 is 15.6 Å². The summed E-state index contributed by atoms with van der Waals surface area (Å²) in [6.07, 6.45) is 10.5. The van der Waals surface area contributed by atoms with Crippen molar-refractivity contribution in [1.82, 2.24) is 49.7 Å². The van der Waals surface area contributed by atoms with Gasteiger partial charge in [-0.1, -0.05) is 0 Å². The number of phosphoric acid groups is 2. The molecule has 2 amide bonds. The average Bonchev–Trinajstić information content (AvgIpc) is 1.69. The Bertz CT molecular complexity index is 3110. The molecule has 0 radical (unpaired) electrons. The molecule has 10 fully saturated rings. The molecule has 89 heavy (non-hydrogen) atoms. The second-order valence-corrected chi connectivity index (χ2v) is 28.7. The van der Waals surface area contributed by atoms with Crippen molar-refractivity contribution in [2.75, 3.05) is 105 Å². The predicted molar refractivity (Wildman–Crippen MR) is 311 cm³/mol. The Labute approximate surface area is 514 Å². The predicted octanol–water partition coefficient (Wildman–Crippen LogP) is 4.10. The molecule has 6 heterocycles. The molecule has 2 saturated heterocycles. The molecule has 0 aromatic carbocycles. The number of anilines is 2. The summed E-state index contributed by atoms with van der Waals surface area (Å²) in [7, 11) is -7.79. The van der Waals surface area contributed by atoms with Gasteiger partial charge in [0.2, 0.25) is 11.8 Å². The van der Waals surface area contributed by atoms with Crippen molar-refractivity contribution >= 4 is 61.4 Å². The number of nitrogens with one attached hydrogen (secondary N) is 2. The minimum atomic E-state index is -5.26. The number of ether oxygens (including phenoxy) is 9. The summed E-state index contributed by atoms with van der Waals surface area (Å²) in [5.41, 5.74) is 13.4. The highest BCUT2D eigenvalue weighted by molar-refractivity contribution is 7.47. The van der Waals surface area contributed by atoms with Gasteiger partial charge in [-0.3, -0.25) is 36.8 Å². The van der Waals surface area contributed by atoms with E-state index in [9.17, 15) is 28.5 Å². The smallest absolute Gasteiger partial charge is 0.382 e. The maximum atomic E-state index is 14.4. The molecule has 8 bridgehead atoms. The molecule has 492 valence electrons. The van der Waals surface area contributed by atoms with Crippen LogP contribution in [0.2, 0.25) is 0 Å². The van der Waals surface area contributed by atoms with Crippen LogP contribution in [0.15, 0.2) is 25.3 Å². The molecule has 10 atom stereocenters. The Balaban J connectivity index is 0.666. The van der Waals surface area contributed by atoms with Crippen LogP contribution in [0.3, 0.4) is 0 Å². The SMILES string of the molecule is COC[C@H]1O[C@@H](n2cnc3c(N)ncnc32)C(OCOCCOCCNC(=O)CC23CC4CC(CC(C4)C2)C3)[C@H]1OP(=O)(O)OC[C@H]1O[C@@H](n2cnc3c(N)ncnc32)C(OCOCCOCCNC(=O)CC23CC4CC(CC(C4)C2)C3)[C@H]1OP(=O)(O)OC. The number of aromatic nitrogens is 8. The zero-order valence-electron chi connectivity index (χ0n) is 50.2. The van der Waals surface area contributed by atoms with Gasteiger partial charge in [-0.15, -0.1) is 0 Å². The van der Waals surface area contributed by atoms with Crippen LogP contribution in [0.25, 0.3) is 22.3 Å². The molecule has 4 unspecified atom stereocenters. The first-order valence-electron chi connectivity index (χ1n) is 30.9. The van der Waals surface area contributed by atoms with Crippen LogP contribution in [0.4, 0.5) is 11.6 Å². The molecule has 33 heteroatoms. The number of nitrogen functional groups attached to an aromatic ring is 2. The minimum Gasteiger partial charge on any atom is -0.382 e. The number of hydrogen-bond donors (Lipinski definition) is 6. The quantitative estimate of drug-likeness (QED) is 0.0218. The van der Waals surface area contributed by atoms with Crippen molar-refractivity contribution in [2.45, 2.75) is 139 Å². The number of phosphoric ester groups is 2. The normalized spacial score (nSPS) is 34.0. The lowest BCUT2D eigenvalue weighted by molar-refractivity contribution is -0.143. The van der Waals surface area contributed by atoms with Gasteiger partial charge in [0, 0.05) is 40.2 Å². The van der Waals surface area contributed by atoms with Crippen molar-refractivity contribution in [2.24, 2.45) is 46.3 Å². The number of hydrogen-bond acceptors (Lipinski definition) is 25. The molecule has 14 rings (SSSR count). The van der Waals surface area contributed by atoms with Crippen LogP contribution in [0.5, 0.6) is 0 Å². The fourth-order valence-electron chi connectivity index (χ4n) is 16.7. The summed E-state index contributed by atoms with van der Waals surface area (Å²) in [5, 5.41) is 6.06. The monoisotopic (exact) mass is 1290 g/mol. The lowest BCUT2D eigenvalue weighted by Gasteiger charge is -2.56. The summed E-state index contributed by atoms with van der Waals surface area (Å²) >= 11 is 0. The largest absolute Gasteiger partial charge is 0.472 e. The van der Waals surface area contributed by atoms with Crippen LogP contribution in [-0.4, -0.2) is 191 Å². The molecular formula is C56H84N12O19P2. The van der Waals surface area contributed by atoms with E-state index in [2.05, 4.69) is 40.5 Å². The van der Waals surface area contributed by atoms with Gasteiger partial charge in [-0.25, -0.2) is 39.0 Å². The van der Waals surface area contributed by atoms with Crippen LogP contribution in [0, 0.1) is 46.3 Å². The van der Waals surface area contributed by atoms with Crippen molar-refractivity contribution in [3.05, 3.63) is 25.3 Å². The average molecular weight is 1290 g/mol. The first-order chi connectivity index (χ1) is 43.0. The molecule has 8 aliphatic carbocycles. The summed E-state index contributed by atoms with van der Waals surface area (Å²) in [4.78, 5) is 74.1. The van der Waals surface area contributed by atoms with E-state index in [1.165, 1.54) is 80.1 Å². The Kier molecular flexibility index (Phi) is 20.3. The van der Waals surface area contributed by atoms with E-state index < -0.39 is 78.1 Å². The highest BCUT2D eigenvalue weighted by Crippen LogP contribution is 2.63. The first kappa shape index (κ1) is 64.6. The van der Waals surface area contributed by atoms with E-state index in [4.69, 9.17) is 72.2 Å². The molecule has 8 saturated carbocycles. The highest BCUT2D eigenvalue weighted by Gasteiger charge is 2.56. The van der Waals surface area contributed by atoms with Gasteiger partial charge >= 0.3 is 15.6 Å². The fraction of sp³-hybridized carbons (Fsp3) is 0.786. The van der Waals surface area contributed by atoms with Gasteiger partial charge in [-0.05, 0) is 123 Å². The molecule has 2 aliphatic heterocycles. The van der Waals surface area contributed by atoms with Gasteiger partial charge in [0.05, 0.1) is 65.5 Å². The Morgan fingerprint density at radius 2 is 0.978 bits per heavy atom. The lowest BCUT2D eigenvalue weighted by atomic mass is 9.49. The molecular weight excluding hydrogens is 1210 g/mol. The minimum absolute atomic E-state index is 0.0415. The van der Waals surface area contributed by atoms with Gasteiger partial charge in [-0.2, -0.15) is 0 Å². The van der Waals surface area contributed by atoms with Gasteiger partial charge in [0.15, 0.2) is 35.4 Å². The van der Waals surface area contributed by atoms with E-state index >= 15 is 0 Å². The van der Waals surface area contributed by atoms with Crippen LogP contribution in [0.1, 0.15) is 102 Å². The number of nitrogens with zero attached hydrogens (tertiary/aromatic N) is 8. The number of carbonyl (C=O) groups is 2. The Hall–Kier alpha value is -4.50. The van der Waals surface area contributed by atoms with E-state index in [1.54, 1.807) is 0 Å². The molecule has 8 N–H and O–H groups in total. The third kappa shape index (κ3) is 15.1. The molecule has 4 aromatic rings. The maximum Gasteiger partial charge on any atom is 0.472 e. The van der Waals surface area contributed by atoms with Gasteiger partial charge in [0.25, 0.3) is 0 Å². The van der Waals surface area contributed by atoms with E-state index in [0.29, 0.717) is 25.9 Å². The maximum absolute atomic E-state index is 14.4. The molecule has 0 spiro atoms. The number of imidazole rings is 2. The van der Waals surface area contributed by atoms with Crippen LogP contribution < -0.4 is 22.1 Å². The Morgan fingerprint density at radius 3 is 1.39 bits per heavy atom. The number of methoxy groups -OCH3 is 1. The highest BCUT2D eigenvalue weighted by atomic mass is 31.2. The van der Waals surface area contributed by atoms with Gasteiger partial charge in [0.1, 0.15) is 73.9 Å². The summed E-state index contributed by atoms with van der Waals surface area (Å²) in [6, 6.07) is 0. The number of fused-ring (bicyclic) bond motifs is 2. The molecule has 4 aromatic heterocycles. The third-order valence-corrected chi connectivity index (χ3v) is 21.3. The van der Waals surface area contributed by atoms with Crippen LogP contribution in [-0.2, 0) is 79.4 Å². The van der Waals surface area contributed by atoms with Gasteiger partial charge < -0.3 is 74.5 Å². The number of rotatable bonds is 34. The first-order valence-corrected chi connectivity index (χ1v) is 33.9. The van der Waals surface area contributed by atoms with E-state index in [-0.39, 0.29) is 110 Å². The topological polar surface area (TPSA) is 392 Å². The second-order valence-electron chi connectivity index (χ2n) is 25.7. The van der Waals surface area contributed by atoms with Crippen molar-refractivity contribution < 1.29 is 89.2 Å². The zero-order valence-corrected chi connectivity index (χ0v) is 52.0. The van der Waals surface area contributed by atoms with Crippen molar-refractivity contribution in [3.8, 4) is 0 Å². The lowest BCUT2D eigenvalue weighted by Crippen LogP contribution is -2.48. The Morgan fingerprint density at radius 1 is 0.573 bits per heavy atom. The number of nitrogens with two attached hydrogens (primary N) is 2. The standard InChI is InChI=1S/C56H84N12O19P2/c1-75-25-39-45(47(53(84-39)67-29-65-43-49(57)61-27-63-51(43)67)81-31-79-9-7-77-5-3-59-41(69)23-55-17-33-11-34(18-55)13-35(12-33)19-55)87-89(73,74)83-26-40-46(86-88(71,72)76-2)48(54(85-40)68-30-66-44-50(58)62-28-64-52(44)68)82-32-80-10-8-78-6-4-60-42(70)24-56-20-36-14-37(21-56)16-38(15-36)22-56/h27-30,33-40,45-48,53-54H,3-26,31-32H2,1-2H3,(H,59,69)(H,60,70)(H,71,72)(H,73,74)(H2,57,61,63)(H2,58,62,64)/t33?,34?,35?,36?,37?,38?,39-,40-,45+,46+,47?,48?,53-,54-,55?,56?/m1/s1. The number of carbonyl (C=O) groups excluding carboxylic acids is 2.